The minimum atomic E-state index is 0.311. The van der Waals surface area contributed by atoms with Crippen LogP contribution in [0.3, 0.4) is 0 Å². The molecular formula is C14H29N3O. The fourth-order valence-corrected chi connectivity index (χ4v) is 1.55. The fraction of sp³-hybridized carbons (Fsp3) is 0.786. The Morgan fingerprint density at radius 2 is 2.17 bits per heavy atom. The van der Waals surface area contributed by atoms with E-state index in [0.717, 1.165) is 44.9 Å². The van der Waals surface area contributed by atoms with Gasteiger partial charge in [-0.15, -0.1) is 6.58 Å². The molecule has 0 aromatic carbocycles. The molecule has 4 nitrogen and oxygen atoms in total. The Hall–Kier alpha value is -1.03. The van der Waals surface area contributed by atoms with E-state index in [2.05, 4.69) is 42.7 Å². The van der Waals surface area contributed by atoms with E-state index in [1.807, 2.05) is 13.1 Å². The number of nitrogens with one attached hydrogen (secondary N) is 1. The van der Waals surface area contributed by atoms with Crippen molar-refractivity contribution in [2.24, 2.45) is 4.99 Å². The maximum Gasteiger partial charge on any atom is 0.193 e. The molecule has 0 aromatic rings. The summed E-state index contributed by atoms with van der Waals surface area (Å²) in [5.41, 5.74) is 0. The number of hydrogen-bond donors (Lipinski definition) is 1. The summed E-state index contributed by atoms with van der Waals surface area (Å²) in [5.74, 6) is 0.948. The van der Waals surface area contributed by atoms with E-state index < -0.39 is 0 Å². The molecule has 0 fully saturated rings. The first-order chi connectivity index (χ1) is 8.61. The van der Waals surface area contributed by atoms with Crippen molar-refractivity contribution in [2.45, 2.75) is 39.2 Å². The zero-order valence-electron chi connectivity index (χ0n) is 12.4. The van der Waals surface area contributed by atoms with Gasteiger partial charge in [-0.2, -0.15) is 0 Å². The zero-order chi connectivity index (χ0) is 13.8. The maximum atomic E-state index is 5.49. The SMILES string of the molecule is C=CCCCN(C)C(=NC)NCCCOC(C)C. The Morgan fingerprint density at radius 1 is 1.44 bits per heavy atom. The zero-order valence-corrected chi connectivity index (χ0v) is 12.4. The van der Waals surface area contributed by atoms with Crippen molar-refractivity contribution >= 4 is 5.96 Å². The molecule has 0 aromatic heterocycles. The number of ether oxygens (including phenoxy) is 1. The summed E-state index contributed by atoms with van der Waals surface area (Å²) in [4.78, 5) is 6.41. The molecule has 0 radical (unpaired) electrons. The molecule has 0 saturated heterocycles. The van der Waals surface area contributed by atoms with Crippen molar-refractivity contribution in [2.75, 3.05) is 33.8 Å². The number of nitrogens with zero attached hydrogens (tertiary/aromatic N) is 2. The minimum Gasteiger partial charge on any atom is -0.379 e. The predicted octanol–water partition coefficient (Wildman–Crippen LogP) is 2.27. The Kier molecular flexibility index (Phi) is 10.4. The van der Waals surface area contributed by atoms with E-state index >= 15 is 0 Å². The van der Waals surface area contributed by atoms with Crippen LogP contribution >= 0.6 is 0 Å². The van der Waals surface area contributed by atoms with E-state index in [9.17, 15) is 0 Å². The van der Waals surface area contributed by atoms with Gasteiger partial charge in [0.15, 0.2) is 5.96 Å². The summed E-state index contributed by atoms with van der Waals surface area (Å²) in [7, 11) is 3.87. The number of unbranched alkanes of at least 4 members (excludes halogenated alkanes) is 1. The van der Waals surface area contributed by atoms with Gasteiger partial charge in [-0.3, -0.25) is 4.99 Å². The number of hydrogen-bond acceptors (Lipinski definition) is 2. The molecule has 0 aliphatic heterocycles. The van der Waals surface area contributed by atoms with Crippen LogP contribution in [0.2, 0.25) is 0 Å². The molecule has 0 saturated carbocycles. The summed E-state index contributed by atoms with van der Waals surface area (Å²) in [6, 6.07) is 0. The Labute approximate surface area is 112 Å². The number of aliphatic imine (C=N–C) groups is 1. The lowest BCUT2D eigenvalue weighted by molar-refractivity contribution is 0.0776. The van der Waals surface area contributed by atoms with Gasteiger partial charge in [0.05, 0.1) is 6.10 Å². The van der Waals surface area contributed by atoms with Crippen LogP contribution in [0.15, 0.2) is 17.6 Å². The quantitative estimate of drug-likeness (QED) is 0.297. The lowest BCUT2D eigenvalue weighted by Crippen LogP contribution is -2.40. The lowest BCUT2D eigenvalue weighted by Gasteiger charge is -2.21. The molecule has 4 heteroatoms. The summed E-state index contributed by atoms with van der Waals surface area (Å²) >= 11 is 0. The van der Waals surface area contributed by atoms with Gasteiger partial charge in [-0.05, 0) is 33.1 Å². The van der Waals surface area contributed by atoms with Gasteiger partial charge in [0.2, 0.25) is 0 Å². The molecule has 0 atom stereocenters. The van der Waals surface area contributed by atoms with E-state index in [1.54, 1.807) is 0 Å². The van der Waals surface area contributed by atoms with Crippen LogP contribution in [-0.4, -0.2) is 50.8 Å². The monoisotopic (exact) mass is 255 g/mol. The smallest absolute Gasteiger partial charge is 0.193 e. The molecule has 0 aliphatic carbocycles. The highest BCUT2D eigenvalue weighted by Gasteiger charge is 2.04. The fourth-order valence-electron chi connectivity index (χ4n) is 1.55. The average molecular weight is 255 g/mol. The topological polar surface area (TPSA) is 36.9 Å². The van der Waals surface area contributed by atoms with Crippen molar-refractivity contribution in [3.05, 3.63) is 12.7 Å². The molecule has 1 N–H and O–H groups in total. The first-order valence-corrected chi connectivity index (χ1v) is 6.76. The van der Waals surface area contributed by atoms with Gasteiger partial charge >= 0.3 is 0 Å². The summed E-state index contributed by atoms with van der Waals surface area (Å²) in [6.07, 6.45) is 5.41. The second-order valence-electron chi connectivity index (χ2n) is 4.60. The molecule has 106 valence electrons. The first kappa shape index (κ1) is 17.0. The van der Waals surface area contributed by atoms with E-state index in [-0.39, 0.29) is 0 Å². The molecular weight excluding hydrogens is 226 g/mol. The Balaban J connectivity index is 3.72. The Morgan fingerprint density at radius 3 is 2.72 bits per heavy atom. The van der Waals surface area contributed by atoms with Crippen LogP contribution in [0.25, 0.3) is 0 Å². The van der Waals surface area contributed by atoms with Gasteiger partial charge in [-0.1, -0.05) is 6.08 Å². The van der Waals surface area contributed by atoms with Crippen LogP contribution in [0.4, 0.5) is 0 Å². The second kappa shape index (κ2) is 11.1. The molecule has 0 unspecified atom stereocenters. The molecule has 0 bridgehead atoms. The lowest BCUT2D eigenvalue weighted by atomic mass is 10.3. The normalized spacial score (nSPS) is 11.7. The number of guanidine groups is 1. The van der Waals surface area contributed by atoms with E-state index in [0.29, 0.717) is 6.10 Å². The molecule has 0 heterocycles. The van der Waals surface area contributed by atoms with Gasteiger partial charge in [0.1, 0.15) is 0 Å². The molecule has 0 aliphatic rings. The van der Waals surface area contributed by atoms with Crippen molar-refractivity contribution in [3.63, 3.8) is 0 Å². The molecule has 0 rings (SSSR count). The average Bonchev–Trinajstić information content (AvgIpc) is 2.33. The van der Waals surface area contributed by atoms with Crippen LogP contribution in [-0.2, 0) is 4.74 Å². The van der Waals surface area contributed by atoms with Crippen molar-refractivity contribution in [1.82, 2.24) is 10.2 Å². The summed E-state index contributed by atoms with van der Waals surface area (Å²) in [5, 5.41) is 3.34. The van der Waals surface area contributed by atoms with Gasteiger partial charge in [0, 0.05) is 33.8 Å². The molecule has 0 spiro atoms. The van der Waals surface area contributed by atoms with Gasteiger partial charge in [-0.25, -0.2) is 0 Å². The first-order valence-electron chi connectivity index (χ1n) is 6.76. The number of rotatable bonds is 9. The third-order valence-corrected chi connectivity index (χ3v) is 2.53. The third-order valence-electron chi connectivity index (χ3n) is 2.53. The number of allylic oxidation sites excluding steroid dienone is 1. The van der Waals surface area contributed by atoms with Crippen LogP contribution < -0.4 is 5.32 Å². The molecule has 0 amide bonds. The van der Waals surface area contributed by atoms with E-state index in [4.69, 9.17) is 4.74 Å². The Bertz CT molecular complexity index is 239. The second-order valence-corrected chi connectivity index (χ2v) is 4.60. The van der Waals surface area contributed by atoms with E-state index in [1.165, 1.54) is 0 Å². The van der Waals surface area contributed by atoms with Crippen molar-refractivity contribution in [1.29, 1.82) is 0 Å². The highest BCUT2D eigenvalue weighted by molar-refractivity contribution is 5.79. The van der Waals surface area contributed by atoms with Gasteiger partial charge in [0.25, 0.3) is 0 Å². The summed E-state index contributed by atoms with van der Waals surface area (Å²) in [6.45, 7) is 10.5. The van der Waals surface area contributed by atoms with Crippen molar-refractivity contribution < 1.29 is 4.74 Å². The highest BCUT2D eigenvalue weighted by Crippen LogP contribution is 1.95. The summed E-state index contributed by atoms with van der Waals surface area (Å²) < 4.78 is 5.49. The highest BCUT2D eigenvalue weighted by atomic mass is 16.5. The predicted molar refractivity (Wildman–Crippen MR) is 79.1 cm³/mol. The van der Waals surface area contributed by atoms with Crippen LogP contribution in [0, 0.1) is 0 Å². The standard InChI is InChI=1S/C14H29N3O/c1-6-7-8-11-17(5)14(15-4)16-10-9-12-18-13(2)3/h6,13H,1,7-12H2,2-5H3,(H,15,16). The molecule has 18 heavy (non-hydrogen) atoms. The van der Waals surface area contributed by atoms with Crippen molar-refractivity contribution in [3.8, 4) is 0 Å². The minimum absolute atomic E-state index is 0.311. The van der Waals surface area contributed by atoms with Gasteiger partial charge < -0.3 is 15.0 Å². The third kappa shape index (κ3) is 9.05. The van der Waals surface area contributed by atoms with Crippen LogP contribution in [0.5, 0.6) is 0 Å². The largest absolute Gasteiger partial charge is 0.379 e. The maximum absolute atomic E-state index is 5.49. The van der Waals surface area contributed by atoms with Crippen LogP contribution in [0.1, 0.15) is 33.1 Å².